The van der Waals surface area contributed by atoms with Crippen LogP contribution in [-0.4, -0.2) is 26.7 Å². The fourth-order valence-corrected chi connectivity index (χ4v) is 4.87. The van der Waals surface area contributed by atoms with Crippen molar-refractivity contribution in [2.45, 2.75) is 38.5 Å². The molecule has 8 heteroatoms. The Morgan fingerprint density at radius 1 is 1.16 bits per heavy atom. The summed E-state index contributed by atoms with van der Waals surface area (Å²) in [7, 11) is 0. The molecule has 0 unspecified atom stereocenters. The minimum Gasteiger partial charge on any atom is -0.505 e. The van der Waals surface area contributed by atoms with Gasteiger partial charge in [0.2, 0.25) is 0 Å². The van der Waals surface area contributed by atoms with Crippen LogP contribution in [0.25, 0.3) is 10.9 Å². The molecule has 0 aliphatic heterocycles. The van der Waals surface area contributed by atoms with E-state index < -0.39 is 28.9 Å². The molecule has 1 aliphatic rings. The van der Waals surface area contributed by atoms with E-state index in [-0.39, 0.29) is 27.0 Å². The fraction of sp³-hybridized carbons (Fsp3) is 0.304. The number of carbonyl (C=O) groups is 2. The fourth-order valence-electron chi connectivity index (χ4n) is 4.57. The second kappa shape index (κ2) is 7.53. The molecular formula is C23H20Cl2FNO4. The van der Waals surface area contributed by atoms with Crippen LogP contribution in [0.5, 0.6) is 5.75 Å². The first-order valence-electron chi connectivity index (χ1n) is 9.84. The van der Waals surface area contributed by atoms with E-state index in [2.05, 4.69) is 0 Å². The maximum absolute atomic E-state index is 14.3. The third-order valence-corrected chi connectivity index (χ3v) is 7.27. The Labute approximate surface area is 188 Å². The van der Waals surface area contributed by atoms with E-state index in [1.54, 1.807) is 13.8 Å². The predicted molar refractivity (Wildman–Crippen MR) is 117 cm³/mol. The summed E-state index contributed by atoms with van der Waals surface area (Å²) >= 11 is 12.0. The molecule has 2 aromatic carbocycles. The number of carbonyl (C=O) groups excluding carboxylic acids is 1. The van der Waals surface area contributed by atoms with Crippen molar-refractivity contribution in [3.63, 3.8) is 0 Å². The Bertz CT molecular complexity index is 1250. The molecule has 162 valence electrons. The minimum atomic E-state index is -1.30. The highest BCUT2D eigenvalue weighted by Gasteiger charge is 2.48. The van der Waals surface area contributed by atoms with E-state index in [0.29, 0.717) is 16.6 Å². The Morgan fingerprint density at radius 2 is 1.84 bits per heavy atom. The zero-order valence-electron chi connectivity index (χ0n) is 16.9. The van der Waals surface area contributed by atoms with E-state index in [1.165, 1.54) is 28.8 Å². The zero-order chi connectivity index (χ0) is 22.7. The second-order valence-electron chi connectivity index (χ2n) is 8.19. The molecule has 0 radical (unpaired) electrons. The van der Waals surface area contributed by atoms with Crippen molar-refractivity contribution in [2.24, 2.45) is 5.92 Å². The summed E-state index contributed by atoms with van der Waals surface area (Å²) in [5, 5.41) is 21.0. The molecule has 0 amide bonds. The van der Waals surface area contributed by atoms with Crippen molar-refractivity contribution in [3.8, 4) is 5.75 Å². The lowest BCUT2D eigenvalue weighted by atomic mass is 9.62. The number of fused-ring (bicyclic) bond motifs is 1. The van der Waals surface area contributed by atoms with Crippen LogP contribution < -0.4 is 0 Å². The largest absolute Gasteiger partial charge is 0.505 e. The van der Waals surface area contributed by atoms with Crippen molar-refractivity contribution < 1.29 is 24.2 Å². The van der Waals surface area contributed by atoms with Crippen LogP contribution in [0.15, 0.2) is 30.3 Å². The molecule has 0 saturated heterocycles. The van der Waals surface area contributed by atoms with Gasteiger partial charge in [-0.25, -0.2) is 4.39 Å². The number of phenolic OH excluding ortho intramolecular Hbond substituents is 1. The first kappa shape index (κ1) is 21.7. The van der Waals surface area contributed by atoms with Gasteiger partial charge in [0.05, 0.1) is 21.0 Å². The average Bonchev–Trinajstić information content (AvgIpc) is 2.93. The number of aromatic nitrogens is 1. The number of nitrogens with zero attached hydrogens (tertiary/aromatic N) is 1. The van der Waals surface area contributed by atoms with Gasteiger partial charge in [-0.05, 0) is 62.4 Å². The maximum atomic E-state index is 14.3. The minimum absolute atomic E-state index is 0.130. The van der Waals surface area contributed by atoms with Crippen LogP contribution in [0.2, 0.25) is 10.0 Å². The van der Waals surface area contributed by atoms with Crippen LogP contribution in [0.3, 0.4) is 0 Å². The molecule has 3 aromatic rings. The topological polar surface area (TPSA) is 79.5 Å². The second-order valence-corrected chi connectivity index (χ2v) is 9.00. The van der Waals surface area contributed by atoms with Crippen LogP contribution in [0.4, 0.5) is 4.39 Å². The van der Waals surface area contributed by atoms with E-state index >= 15 is 0 Å². The quantitative estimate of drug-likeness (QED) is 0.502. The van der Waals surface area contributed by atoms with Crippen LogP contribution in [0.1, 0.15) is 47.8 Å². The summed E-state index contributed by atoms with van der Waals surface area (Å²) < 4.78 is 15.6. The number of rotatable bonds is 4. The molecule has 1 aromatic heterocycles. The average molecular weight is 464 g/mol. The van der Waals surface area contributed by atoms with Crippen molar-refractivity contribution in [1.82, 2.24) is 4.57 Å². The van der Waals surface area contributed by atoms with Crippen LogP contribution >= 0.6 is 23.2 Å². The molecule has 2 N–H and O–H groups in total. The number of phenols is 1. The highest BCUT2D eigenvalue weighted by molar-refractivity contribution is 6.42. The van der Waals surface area contributed by atoms with E-state index in [0.717, 1.165) is 25.3 Å². The van der Waals surface area contributed by atoms with Crippen LogP contribution in [-0.2, 0) is 10.2 Å². The molecule has 0 spiro atoms. The normalized spacial score (nSPS) is 16.2. The van der Waals surface area contributed by atoms with Crippen molar-refractivity contribution in [3.05, 3.63) is 63.0 Å². The first-order valence-corrected chi connectivity index (χ1v) is 10.6. The Morgan fingerprint density at radius 3 is 2.39 bits per heavy atom. The highest BCUT2D eigenvalue weighted by Crippen LogP contribution is 2.49. The lowest BCUT2D eigenvalue weighted by Gasteiger charge is -2.40. The van der Waals surface area contributed by atoms with Gasteiger partial charge in [0.25, 0.3) is 5.91 Å². The molecule has 1 saturated carbocycles. The smallest absolute Gasteiger partial charge is 0.314 e. The number of benzene rings is 2. The number of aromatic hydroxyl groups is 1. The van der Waals surface area contributed by atoms with Gasteiger partial charge < -0.3 is 10.2 Å². The Kier molecular flexibility index (Phi) is 5.26. The molecule has 5 nitrogen and oxygen atoms in total. The Hall–Kier alpha value is -2.57. The van der Waals surface area contributed by atoms with Gasteiger partial charge in [-0.3, -0.25) is 14.2 Å². The summed E-state index contributed by atoms with van der Waals surface area (Å²) in [6.45, 7) is 3.27. The number of carboxylic acid groups (broad SMARTS) is 1. The first-order chi connectivity index (χ1) is 14.6. The molecule has 0 bridgehead atoms. The van der Waals surface area contributed by atoms with E-state index in [1.807, 2.05) is 0 Å². The lowest BCUT2D eigenvalue weighted by molar-refractivity contribution is -0.146. The van der Waals surface area contributed by atoms with Gasteiger partial charge >= 0.3 is 5.97 Å². The standard InChI is InChI=1S/C23H20Cl2FNO4/c1-11-20(23(2,22(30)31)13-4-3-5-13)14-9-19(28)17(26)10-18(14)27(11)21(29)12-6-7-15(24)16(25)8-12/h6-10,13,28H,3-5H2,1-2H3,(H,30,31)/t23-/m1/s1. The summed E-state index contributed by atoms with van der Waals surface area (Å²) in [6.07, 6.45) is 2.40. The monoisotopic (exact) mass is 463 g/mol. The van der Waals surface area contributed by atoms with Crippen molar-refractivity contribution in [2.75, 3.05) is 0 Å². The third kappa shape index (κ3) is 3.20. The van der Waals surface area contributed by atoms with Crippen LogP contribution in [0, 0.1) is 18.7 Å². The predicted octanol–water partition coefficient (Wildman–Crippen LogP) is 5.93. The van der Waals surface area contributed by atoms with Gasteiger partial charge in [-0.2, -0.15) is 0 Å². The molecular weight excluding hydrogens is 444 g/mol. The zero-order valence-corrected chi connectivity index (χ0v) is 18.4. The molecule has 1 heterocycles. The molecule has 1 aliphatic carbocycles. The molecule has 4 rings (SSSR count). The number of aliphatic carboxylic acids is 1. The number of hydrogen-bond donors (Lipinski definition) is 2. The van der Waals surface area contributed by atoms with Gasteiger partial charge in [0.1, 0.15) is 0 Å². The summed E-state index contributed by atoms with van der Waals surface area (Å²) in [6, 6.07) is 6.66. The maximum Gasteiger partial charge on any atom is 0.314 e. The lowest BCUT2D eigenvalue weighted by Crippen LogP contribution is -2.44. The number of halogens is 3. The third-order valence-electron chi connectivity index (χ3n) is 6.53. The van der Waals surface area contributed by atoms with Gasteiger partial charge in [-0.15, -0.1) is 0 Å². The summed E-state index contributed by atoms with van der Waals surface area (Å²) in [4.78, 5) is 25.9. The van der Waals surface area contributed by atoms with E-state index in [9.17, 15) is 24.2 Å². The number of hydrogen-bond acceptors (Lipinski definition) is 3. The van der Waals surface area contributed by atoms with Gasteiger partial charge in [0, 0.05) is 22.7 Å². The molecule has 1 fully saturated rings. The molecule has 1 atom stereocenters. The highest BCUT2D eigenvalue weighted by atomic mass is 35.5. The summed E-state index contributed by atoms with van der Waals surface area (Å²) in [5.74, 6) is -3.16. The Balaban J connectivity index is 2.04. The SMILES string of the molecule is Cc1c([C@](C)(C(=O)O)C2CCC2)c2cc(O)c(F)cc2n1C(=O)c1ccc(Cl)c(Cl)c1. The van der Waals surface area contributed by atoms with Crippen molar-refractivity contribution in [1.29, 1.82) is 0 Å². The van der Waals surface area contributed by atoms with Gasteiger partial charge in [-0.1, -0.05) is 29.6 Å². The molecule has 31 heavy (non-hydrogen) atoms. The van der Waals surface area contributed by atoms with Crippen molar-refractivity contribution >= 4 is 46.0 Å². The van der Waals surface area contributed by atoms with E-state index in [4.69, 9.17) is 23.2 Å². The number of carboxylic acids is 1. The van der Waals surface area contributed by atoms with Gasteiger partial charge in [0.15, 0.2) is 11.6 Å². The summed E-state index contributed by atoms with van der Waals surface area (Å²) in [5.41, 5.74) is -0.106.